The average Bonchev–Trinajstić information content (AvgIpc) is 2.17. The van der Waals surface area contributed by atoms with Gasteiger partial charge >= 0.3 is 0 Å². The highest BCUT2D eigenvalue weighted by molar-refractivity contribution is 5.20. The molecule has 0 spiro atoms. The summed E-state index contributed by atoms with van der Waals surface area (Å²) >= 11 is 0. The molecule has 12 heavy (non-hydrogen) atoms. The quantitative estimate of drug-likeness (QED) is 0.728. The zero-order chi connectivity index (χ0) is 8.97. The van der Waals surface area contributed by atoms with Crippen molar-refractivity contribution in [3.05, 3.63) is 35.9 Å². The summed E-state index contributed by atoms with van der Waals surface area (Å²) in [5, 5.41) is 0. The van der Waals surface area contributed by atoms with Gasteiger partial charge in [0.25, 0.3) is 0 Å². The van der Waals surface area contributed by atoms with Crippen LogP contribution in [0.5, 0.6) is 0 Å². The van der Waals surface area contributed by atoms with Crippen molar-refractivity contribution in [3.8, 4) is 0 Å². The molecule has 66 valence electrons. The van der Waals surface area contributed by atoms with E-state index in [1.165, 1.54) is 5.56 Å². The summed E-state index contributed by atoms with van der Waals surface area (Å²) < 4.78 is 0. The Morgan fingerprint density at radius 3 is 2.33 bits per heavy atom. The van der Waals surface area contributed by atoms with Gasteiger partial charge in [0.05, 0.1) is 0 Å². The first kappa shape index (κ1) is 9.27. The predicted octanol–water partition coefficient (Wildman–Crippen LogP) is 2.53. The first-order valence-corrected chi connectivity index (χ1v) is 4.56. The van der Waals surface area contributed by atoms with Crippen molar-refractivity contribution in [2.75, 3.05) is 0 Å². The minimum absolute atomic E-state index is 0.285. The first-order chi connectivity index (χ1) is 5.75. The molecule has 1 aromatic rings. The van der Waals surface area contributed by atoms with Crippen LogP contribution in [-0.2, 0) is 0 Å². The third-order valence-electron chi connectivity index (χ3n) is 2.44. The molecule has 0 heterocycles. The standard InChI is InChI=1S/C11H17N/c1-3-11(12)9(2)10-7-5-4-6-8-10/h4-9,11H,3,12H2,1-2H3/t9?,11-/m0/s1. The molecule has 1 heteroatoms. The molecule has 0 fully saturated rings. The summed E-state index contributed by atoms with van der Waals surface area (Å²) in [6.07, 6.45) is 1.04. The van der Waals surface area contributed by atoms with E-state index in [4.69, 9.17) is 5.73 Å². The molecule has 1 nitrogen and oxygen atoms in total. The van der Waals surface area contributed by atoms with Crippen molar-refractivity contribution in [1.29, 1.82) is 0 Å². The number of nitrogens with two attached hydrogens (primary N) is 1. The highest BCUT2D eigenvalue weighted by atomic mass is 14.6. The van der Waals surface area contributed by atoms with Gasteiger partial charge in [0.2, 0.25) is 0 Å². The summed E-state index contributed by atoms with van der Waals surface area (Å²) in [5.41, 5.74) is 7.29. The van der Waals surface area contributed by atoms with Gasteiger partial charge in [-0.2, -0.15) is 0 Å². The van der Waals surface area contributed by atoms with E-state index in [1.54, 1.807) is 0 Å². The van der Waals surface area contributed by atoms with Gasteiger partial charge in [-0.1, -0.05) is 44.2 Å². The zero-order valence-electron chi connectivity index (χ0n) is 7.83. The highest BCUT2D eigenvalue weighted by Crippen LogP contribution is 2.18. The third-order valence-corrected chi connectivity index (χ3v) is 2.44. The molecule has 0 aliphatic heterocycles. The Labute approximate surface area is 74.6 Å². The van der Waals surface area contributed by atoms with E-state index < -0.39 is 0 Å². The van der Waals surface area contributed by atoms with Crippen LogP contribution in [0.3, 0.4) is 0 Å². The highest BCUT2D eigenvalue weighted by Gasteiger charge is 2.11. The second kappa shape index (κ2) is 4.27. The van der Waals surface area contributed by atoms with E-state index in [9.17, 15) is 0 Å². The number of rotatable bonds is 3. The zero-order valence-corrected chi connectivity index (χ0v) is 7.83. The molecular weight excluding hydrogens is 146 g/mol. The van der Waals surface area contributed by atoms with Crippen LogP contribution in [0.15, 0.2) is 30.3 Å². The summed E-state index contributed by atoms with van der Waals surface area (Å²) in [4.78, 5) is 0. The van der Waals surface area contributed by atoms with Crippen molar-refractivity contribution >= 4 is 0 Å². The van der Waals surface area contributed by atoms with Crippen molar-refractivity contribution in [3.63, 3.8) is 0 Å². The fourth-order valence-corrected chi connectivity index (χ4v) is 1.36. The second-order valence-electron chi connectivity index (χ2n) is 3.27. The summed E-state index contributed by atoms with van der Waals surface area (Å²) in [5.74, 6) is 0.469. The van der Waals surface area contributed by atoms with Crippen LogP contribution in [0.1, 0.15) is 31.7 Å². The third kappa shape index (κ3) is 2.08. The van der Waals surface area contributed by atoms with Crippen LogP contribution in [0.25, 0.3) is 0 Å². The smallest absolute Gasteiger partial charge is 0.0103 e. The van der Waals surface area contributed by atoms with E-state index in [1.807, 2.05) is 6.07 Å². The lowest BCUT2D eigenvalue weighted by molar-refractivity contribution is 0.551. The Hall–Kier alpha value is -0.820. The lowest BCUT2D eigenvalue weighted by Gasteiger charge is -2.18. The van der Waals surface area contributed by atoms with Gasteiger partial charge in [0, 0.05) is 6.04 Å². The Morgan fingerprint density at radius 2 is 1.83 bits per heavy atom. The molecule has 0 radical (unpaired) electrons. The Balaban J connectivity index is 2.71. The molecule has 0 amide bonds. The van der Waals surface area contributed by atoms with Gasteiger partial charge in [-0.3, -0.25) is 0 Å². The molecule has 0 saturated heterocycles. The molecule has 0 aliphatic carbocycles. The maximum atomic E-state index is 5.95. The topological polar surface area (TPSA) is 26.0 Å². The van der Waals surface area contributed by atoms with Gasteiger partial charge in [0.1, 0.15) is 0 Å². The van der Waals surface area contributed by atoms with Crippen LogP contribution in [0.4, 0.5) is 0 Å². The number of benzene rings is 1. The SMILES string of the molecule is CC[C@H](N)C(C)c1ccccc1. The molecule has 1 rings (SSSR count). The molecule has 0 aliphatic rings. The lowest BCUT2D eigenvalue weighted by Crippen LogP contribution is -2.25. The van der Waals surface area contributed by atoms with Crippen molar-refractivity contribution < 1.29 is 0 Å². The molecule has 1 unspecified atom stereocenters. The summed E-state index contributed by atoms with van der Waals surface area (Å²) in [7, 11) is 0. The minimum atomic E-state index is 0.285. The summed E-state index contributed by atoms with van der Waals surface area (Å²) in [6.45, 7) is 4.31. The molecule has 0 aromatic heterocycles. The fraction of sp³-hybridized carbons (Fsp3) is 0.455. The number of hydrogen-bond donors (Lipinski definition) is 1. The van der Waals surface area contributed by atoms with E-state index in [0.29, 0.717) is 5.92 Å². The lowest BCUT2D eigenvalue weighted by atomic mass is 9.92. The van der Waals surface area contributed by atoms with E-state index >= 15 is 0 Å². The maximum Gasteiger partial charge on any atom is 0.0103 e. The van der Waals surface area contributed by atoms with Crippen LogP contribution < -0.4 is 5.73 Å². The predicted molar refractivity (Wildman–Crippen MR) is 53.1 cm³/mol. The van der Waals surface area contributed by atoms with Crippen LogP contribution in [0.2, 0.25) is 0 Å². The van der Waals surface area contributed by atoms with Crippen LogP contribution in [-0.4, -0.2) is 6.04 Å². The molecule has 0 bridgehead atoms. The van der Waals surface area contributed by atoms with Gasteiger partial charge in [-0.15, -0.1) is 0 Å². The van der Waals surface area contributed by atoms with Crippen molar-refractivity contribution in [2.24, 2.45) is 5.73 Å². The second-order valence-corrected chi connectivity index (χ2v) is 3.27. The Morgan fingerprint density at radius 1 is 1.25 bits per heavy atom. The van der Waals surface area contributed by atoms with Gasteiger partial charge < -0.3 is 5.73 Å². The first-order valence-electron chi connectivity index (χ1n) is 4.56. The largest absolute Gasteiger partial charge is 0.327 e. The van der Waals surface area contributed by atoms with Crippen LogP contribution >= 0.6 is 0 Å². The molecule has 2 atom stereocenters. The van der Waals surface area contributed by atoms with Crippen molar-refractivity contribution in [2.45, 2.75) is 32.2 Å². The molecule has 1 aromatic carbocycles. The van der Waals surface area contributed by atoms with Crippen molar-refractivity contribution in [1.82, 2.24) is 0 Å². The van der Waals surface area contributed by atoms with Crippen LogP contribution in [0, 0.1) is 0 Å². The minimum Gasteiger partial charge on any atom is -0.327 e. The normalized spacial score (nSPS) is 15.6. The average molecular weight is 163 g/mol. The monoisotopic (exact) mass is 163 g/mol. The summed E-state index contributed by atoms with van der Waals surface area (Å²) in [6, 6.07) is 10.7. The fourth-order valence-electron chi connectivity index (χ4n) is 1.36. The Kier molecular flexibility index (Phi) is 3.30. The van der Waals surface area contributed by atoms with Gasteiger partial charge in [-0.05, 0) is 17.9 Å². The van der Waals surface area contributed by atoms with E-state index in [2.05, 4.69) is 38.1 Å². The van der Waals surface area contributed by atoms with E-state index in [-0.39, 0.29) is 6.04 Å². The molecular formula is C11H17N. The Bertz CT molecular complexity index is 218. The number of hydrogen-bond acceptors (Lipinski definition) is 1. The molecule has 2 N–H and O–H groups in total. The maximum absolute atomic E-state index is 5.95. The van der Waals surface area contributed by atoms with Gasteiger partial charge in [0.15, 0.2) is 0 Å². The van der Waals surface area contributed by atoms with Gasteiger partial charge in [-0.25, -0.2) is 0 Å². The van der Waals surface area contributed by atoms with E-state index in [0.717, 1.165) is 6.42 Å². The molecule has 0 saturated carbocycles.